The van der Waals surface area contributed by atoms with Gasteiger partial charge in [-0.15, -0.1) is 5.10 Å². The Balaban J connectivity index is 1.92. The first-order valence-electron chi connectivity index (χ1n) is 4.07. The number of epoxide rings is 1. The van der Waals surface area contributed by atoms with Crippen LogP contribution in [-0.4, -0.2) is 35.0 Å². The van der Waals surface area contributed by atoms with Gasteiger partial charge in [0.2, 0.25) is 11.8 Å². The van der Waals surface area contributed by atoms with Gasteiger partial charge in [0, 0.05) is 19.2 Å². The number of hydrogen-bond donors (Lipinski definition) is 0. The second-order valence-electron chi connectivity index (χ2n) is 2.88. The Morgan fingerprint density at radius 1 is 1.92 bits per heavy atom. The monoisotopic (exact) mass is 182 g/mol. The van der Waals surface area contributed by atoms with Crippen molar-refractivity contribution in [2.75, 3.05) is 13.2 Å². The summed E-state index contributed by atoms with van der Waals surface area (Å²) in [5, 5.41) is 3.90. The Labute approximate surface area is 75.2 Å². The highest BCUT2D eigenvalue weighted by atomic mass is 16.6. The SMILES string of the molecule is CC(=O)n1ccc(OCC2CO2)n1. The summed E-state index contributed by atoms with van der Waals surface area (Å²) in [5.74, 6) is 0.336. The standard InChI is InChI=1S/C8H10N2O3/c1-6(11)10-3-2-8(9-10)13-5-7-4-12-7/h2-3,7H,4-5H2,1H3. The average Bonchev–Trinajstić information content (AvgIpc) is 2.79. The molecular weight excluding hydrogens is 172 g/mol. The fourth-order valence-electron chi connectivity index (χ4n) is 0.902. The van der Waals surface area contributed by atoms with Crippen LogP contribution >= 0.6 is 0 Å². The fraction of sp³-hybridized carbons (Fsp3) is 0.500. The van der Waals surface area contributed by atoms with E-state index in [0.29, 0.717) is 12.5 Å². The molecule has 2 rings (SSSR count). The molecule has 70 valence electrons. The summed E-state index contributed by atoms with van der Waals surface area (Å²) in [4.78, 5) is 10.8. The Hall–Kier alpha value is -1.36. The van der Waals surface area contributed by atoms with E-state index in [1.54, 1.807) is 12.3 Å². The van der Waals surface area contributed by atoms with Crippen LogP contribution in [0.25, 0.3) is 0 Å². The smallest absolute Gasteiger partial charge is 0.243 e. The third-order valence-electron chi connectivity index (χ3n) is 1.71. The second-order valence-corrected chi connectivity index (χ2v) is 2.88. The van der Waals surface area contributed by atoms with E-state index in [4.69, 9.17) is 9.47 Å². The second kappa shape index (κ2) is 3.18. The molecule has 1 aliphatic heterocycles. The van der Waals surface area contributed by atoms with Crippen LogP contribution in [0.4, 0.5) is 0 Å². The number of carbonyl (C=O) groups is 1. The molecule has 0 saturated carbocycles. The lowest BCUT2D eigenvalue weighted by Gasteiger charge is -1.97. The molecule has 5 nitrogen and oxygen atoms in total. The molecule has 5 heteroatoms. The van der Waals surface area contributed by atoms with Gasteiger partial charge >= 0.3 is 0 Å². The summed E-state index contributed by atoms with van der Waals surface area (Å²) in [7, 11) is 0. The summed E-state index contributed by atoms with van der Waals surface area (Å²) >= 11 is 0. The van der Waals surface area contributed by atoms with Gasteiger partial charge in [-0.3, -0.25) is 4.79 Å². The summed E-state index contributed by atoms with van der Waals surface area (Å²) < 4.78 is 11.4. The molecular formula is C8H10N2O3. The van der Waals surface area contributed by atoms with E-state index in [-0.39, 0.29) is 12.0 Å². The highest BCUT2D eigenvalue weighted by Crippen LogP contribution is 2.12. The normalized spacial score (nSPS) is 19.9. The van der Waals surface area contributed by atoms with Crippen molar-refractivity contribution in [3.05, 3.63) is 12.3 Å². The van der Waals surface area contributed by atoms with Crippen molar-refractivity contribution in [3.8, 4) is 5.88 Å². The molecule has 1 unspecified atom stereocenters. The van der Waals surface area contributed by atoms with Crippen LogP contribution in [0.15, 0.2) is 12.3 Å². The number of nitrogens with zero attached hydrogens (tertiary/aromatic N) is 2. The number of carbonyl (C=O) groups excluding carboxylic acids is 1. The van der Waals surface area contributed by atoms with Crippen LogP contribution in [0, 0.1) is 0 Å². The van der Waals surface area contributed by atoms with Gasteiger partial charge in [-0.05, 0) is 0 Å². The molecule has 0 N–H and O–H groups in total. The molecule has 0 amide bonds. The third kappa shape index (κ3) is 2.06. The van der Waals surface area contributed by atoms with Crippen LogP contribution in [0.2, 0.25) is 0 Å². The van der Waals surface area contributed by atoms with E-state index < -0.39 is 0 Å². The average molecular weight is 182 g/mol. The van der Waals surface area contributed by atoms with E-state index in [1.165, 1.54) is 11.6 Å². The molecule has 0 aromatic carbocycles. The summed E-state index contributed by atoms with van der Waals surface area (Å²) in [5.41, 5.74) is 0. The van der Waals surface area contributed by atoms with Crippen molar-refractivity contribution < 1.29 is 14.3 Å². The molecule has 13 heavy (non-hydrogen) atoms. The lowest BCUT2D eigenvalue weighted by Crippen LogP contribution is -2.08. The first kappa shape index (κ1) is 8.25. The van der Waals surface area contributed by atoms with Gasteiger partial charge in [-0.2, -0.15) is 0 Å². The first-order chi connectivity index (χ1) is 6.25. The minimum absolute atomic E-state index is 0.127. The van der Waals surface area contributed by atoms with E-state index in [2.05, 4.69) is 5.10 Å². The summed E-state index contributed by atoms with van der Waals surface area (Å²) in [6, 6.07) is 1.66. The van der Waals surface area contributed by atoms with Gasteiger partial charge < -0.3 is 9.47 Å². The Morgan fingerprint density at radius 3 is 3.23 bits per heavy atom. The Kier molecular flexibility index (Phi) is 2.02. The van der Waals surface area contributed by atoms with Crippen LogP contribution in [0.5, 0.6) is 5.88 Å². The molecule has 1 aliphatic rings. The van der Waals surface area contributed by atoms with Crippen molar-refractivity contribution >= 4 is 5.91 Å². The lowest BCUT2D eigenvalue weighted by molar-refractivity contribution is 0.0918. The third-order valence-corrected chi connectivity index (χ3v) is 1.71. The van der Waals surface area contributed by atoms with Gasteiger partial charge in [-0.1, -0.05) is 0 Å². The van der Waals surface area contributed by atoms with Crippen LogP contribution in [-0.2, 0) is 4.74 Å². The number of rotatable bonds is 3. The predicted molar refractivity (Wildman–Crippen MR) is 43.8 cm³/mol. The minimum atomic E-state index is -0.127. The van der Waals surface area contributed by atoms with E-state index in [0.717, 1.165) is 6.61 Å². The van der Waals surface area contributed by atoms with Gasteiger partial charge in [0.05, 0.1) is 6.61 Å². The lowest BCUT2D eigenvalue weighted by atomic mass is 10.5. The van der Waals surface area contributed by atoms with Crippen molar-refractivity contribution in [2.24, 2.45) is 0 Å². The first-order valence-corrected chi connectivity index (χ1v) is 4.07. The zero-order valence-corrected chi connectivity index (χ0v) is 7.27. The molecule has 1 aromatic heterocycles. The van der Waals surface area contributed by atoms with Crippen molar-refractivity contribution in [1.82, 2.24) is 9.78 Å². The topological polar surface area (TPSA) is 56.6 Å². The summed E-state index contributed by atoms with van der Waals surface area (Å²) in [6.45, 7) is 2.71. The quantitative estimate of drug-likeness (QED) is 0.632. The predicted octanol–water partition coefficient (Wildman–Crippen LogP) is 0.321. The molecule has 0 bridgehead atoms. The number of hydrogen-bond acceptors (Lipinski definition) is 4. The molecule has 0 spiro atoms. The van der Waals surface area contributed by atoms with E-state index in [9.17, 15) is 4.79 Å². The van der Waals surface area contributed by atoms with Gasteiger partial charge in [0.25, 0.3) is 0 Å². The van der Waals surface area contributed by atoms with Crippen molar-refractivity contribution in [2.45, 2.75) is 13.0 Å². The molecule has 1 aromatic rings. The van der Waals surface area contributed by atoms with Crippen molar-refractivity contribution in [3.63, 3.8) is 0 Å². The summed E-state index contributed by atoms with van der Waals surface area (Å²) in [6.07, 6.45) is 1.79. The van der Waals surface area contributed by atoms with Gasteiger partial charge in [0.15, 0.2) is 0 Å². The maximum Gasteiger partial charge on any atom is 0.243 e. The Morgan fingerprint density at radius 2 is 2.69 bits per heavy atom. The highest BCUT2D eigenvalue weighted by Gasteiger charge is 2.23. The van der Waals surface area contributed by atoms with Crippen LogP contribution < -0.4 is 4.74 Å². The maximum absolute atomic E-state index is 10.8. The zero-order chi connectivity index (χ0) is 9.26. The largest absolute Gasteiger partial charge is 0.474 e. The van der Waals surface area contributed by atoms with Crippen LogP contribution in [0.3, 0.4) is 0 Å². The van der Waals surface area contributed by atoms with Crippen LogP contribution in [0.1, 0.15) is 11.7 Å². The molecule has 1 atom stereocenters. The molecule has 1 saturated heterocycles. The molecule has 0 aliphatic carbocycles. The van der Waals surface area contributed by atoms with E-state index >= 15 is 0 Å². The van der Waals surface area contributed by atoms with Gasteiger partial charge in [-0.25, -0.2) is 4.68 Å². The van der Waals surface area contributed by atoms with Gasteiger partial charge in [0.1, 0.15) is 12.7 Å². The van der Waals surface area contributed by atoms with E-state index in [1.807, 2.05) is 0 Å². The fourth-order valence-corrected chi connectivity index (χ4v) is 0.902. The number of aromatic nitrogens is 2. The molecule has 0 radical (unpaired) electrons. The number of ether oxygens (including phenoxy) is 2. The maximum atomic E-state index is 10.8. The highest BCUT2D eigenvalue weighted by molar-refractivity contribution is 5.75. The Bertz CT molecular complexity index is 317. The molecule has 2 heterocycles. The minimum Gasteiger partial charge on any atom is -0.474 e. The zero-order valence-electron chi connectivity index (χ0n) is 7.27. The van der Waals surface area contributed by atoms with Crippen molar-refractivity contribution in [1.29, 1.82) is 0 Å². The molecule has 1 fully saturated rings.